The lowest BCUT2D eigenvalue weighted by Crippen LogP contribution is -2.50. The van der Waals surface area contributed by atoms with Crippen LogP contribution in [0.2, 0.25) is 0 Å². The summed E-state index contributed by atoms with van der Waals surface area (Å²) in [6.45, 7) is 7.86. The summed E-state index contributed by atoms with van der Waals surface area (Å²) >= 11 is 0. The van der Waals surface area contributed by atoms with Gasteiger partial charge in [-0.05, 0) is 81.5 Å². The van der Waals surface area contributed by atoms with Crippen LogP contribution in [0.3, 0.4) is 0 Å². The highest BCUT2D eigenvalue weighted by Gasteiger charge is 2.42. The van der Waals surface area contributed by atoms with E-state index >= 15 is 4.39 Å². The Morgan fingerprint density at radius 2 is 1.63 bits per heavy atom. The van der Waals surface area contributed by atoms with Crippen LogP contribution in [0.5, 0.6) is 11.5 Å². The second kappa shape index (κ2) is 11.5. The molecule has 0 fully saturated rings. The van der Waals surface area contributed by atoms with Crippen LogP contribution in [-0.2, 0) is 22.9 Å². The van der Waals surface area contributed by atoms with Crippen molar-refractivity contribution in [3.63, 3.8) is 0 Å². The second-order valence-corrected chi connectivity index (χ2v) is 12.2. The van der Waals surface area contributed by atoms with Crippen molar-refractivity contribution in [2.45, 2.75) is 63.6 Å². The molecule has 0 aromatic heterocycles. The zero-order valence-corrected chi connectivity index (χ0v) is 23.1. The molecule has 0 heterocycles. The van der Waals surface area contributed by atoms with Gasteiger partial charge >= 0.3 is 6.11 Å². The molecule has 3 aromatic carbocycles. The predicted molar refractivity (Wildman–Crippen MR) is 142 cm³/mol. The van der Waals surface area contributed by atoms with E-state index in [0.29, 0.717) is 18.2 Å². The summed E-state index contributed by atoms with van der Waals surface area (Å²) < 4.78 is 83.1. The Morgan fingerprint density at radius 1 is 0.974 bits per heavy atom. The summed E-state index contributed by atoms with van der Waals surface area (Å²) in [6.07, 6.45) is -6.64. The largest absolute Gasteiger partial charge is 0.496 e. The Hall–Kier alpha value is -2.91. The molecule has 0 saturated carbocycles. The molecular weight excluding hydrogens is 518 g/mol. The molecule has 0 aliphatic carbocycles. The zero-order chi connectivity index (χ0) is 28.3. The summed E-state index contributed by atoms with van der Waals surface area (Å²) in [7, 11) is -0.183. The first-order valence-electron chi connectivity index (χ1n) is 12.1. The summed E-state index contributed by atoms with van der Waals surface area (Å²) in [5.41, 5.74) is 0.976. The molecule has 4 nitrogen and oxygen atoms in total. The molecule has 0 bridgehead atoms. The summed E-state index contributed by atoms with van der Waals surface area (Å²) in [5.74, 6) is -0.900. The van der Waals surface area contributed by atoms with Gasteiger partial charge in [0.15, 0.2) is 0 Å². The van der Waals surface area contributed by atoms with Gasteiger partial charge in [0.05, 0.1) is 28.4 Å². The van der Waals surface area contributed by atoms with Crippen LogP contribution in [0.15, 0.2) is 66.7 Å². The van der Waals surface area contributed by atoms with E-state index in [1.54, 1.807) is 32.9 Å². The van der Waals surface area contributed by atoms with Gasteiger partial charge in [-0.25, -0.2) is 17.7 Å². The average Bonchev–Trinajstić information content (AvgIpc) is 2.83. The Kier molecular flexibility index (Phi) is 8.93. The van der Waals surface area contributed by atoms with Gasteiger partial charge in [-0.1, -0.05) is 42.5 Å². The van der Waals surface area contributed by atoms with Crippen molar-refractivity contribution in [2.75, 3.05) is 7.11 Å². The first-order valence-corrected chi connectivity index (χ1v) is 13.2. The molecule has 206 valence electrons. The van der Waals surface area contributed by atoms with Crippen LogP contribution >= 0.6 is 0 Å². The molecule has 0 amide bonds. The number of methoxy groups -OCH3 is 1. The lowest BCUT2D eigenvalue weighted by molar-refractivity contribution is -0.215. The van der Waals surface area contributed by atoms with Gasteiger partial charge < -0.3 is 9.47 Å². The lowest BCUT2D eigenvalue weighted by Gasteiger charge is -2.38. The molecule has 3 rings (SSSR count). The predicted octanol–water partition coefficient (Wildman–Crippen LogP) is 7.01. The van der Waals surface area contributed by atoms with E-state index in [4.69, 9.17) is 4.74 Å². The van der Waals surface area contributed by atoms with Crippen molar-refractivity contribution >= 4 is 11.0 Å². The number of rotatable bonds is 10. The Labute approximate surface area is 224 Å². The molecule has 1 N–H and O–H groups in total. The maximum Gasteiger partial charge on any atom is 0.429 e. The van der Waals surface area contributed by atoms with E-state index in [-0.39, 0.29) is 12.0 Å². The quantitative estimate of drug-likeness (QED) is 0.276. The van der Waals surface area contributed by atoms with Crippen LogP contribution in [0.1, 0.15) is 49.9 Å². The first-order chi connectivity index (χ1) is 17.7. The van der Waals surface area contributed by atoms with Crippen LogP contribution < -0.4 is 14.2 Å². The van der Waals surface area contributed by atoms with Gasteiger partial charge in [0.1, 0.15) is 17.3 Å². The molecule has 0 spiro atoms. The van der Waals surface area contributed by atoms with E-state index in [2.05, 4.69) is 9.46 Å². The highest BCUT2D eigenvalue weighted by atomic mass is 32.2. The van der Waals surface area contributed by atoms with E-state index in [9.17, 15) is 17.4 Å². The monoisotopic (exact) mass is 551 g/mol. The summed E-state index contributed by atoms with van der Waals surface area (Å²) in [5, 5.41) is 0. The molecule has 0 aliphatic rings. The maximum absolute atomic E-state index is 15.0. The van der Waals surface area contributed by atoms with E-state index in [0.717, 1.165) is 17.2 Å². The van der Waals surface area contributed by atoms with Crippen molar-refractivity contribution in [1.29, 1.82) is 0 Å². The summed E-state index contributed by atoms with van der Waals surface area (Å²) in [6, 6.07) is 17.7. The third-order valence-electron chi connectivity index (χ3n) is 6.12. The number of ether oxygens (including phenoxy) is 2. The number of nitrogens with one attached hydrogen (secondary N) is 1. The highest BCUT2D eigenvalue weighted by molar-refractivity contribution is 7.84. The molecule has 0 radical (unpaired) electrons. The number of hydrogen-bond acceptors (Lipinski definition) is 3. The van der Waals surface area contributed by atoms with Crippen LogP contribution in [0.25, 0.3) is 0 Å². The molecule has 0 saturated heterocycles. The van der Waals surface area contributed by atoms with Gasteiger partial charge in [0.2, 0.25) is 6.17 Å². The Balaban J connectivity index is 2.35. The van der Waals surface area contributed by atoms with Crippen molar-refractivity contribution in [2.24, 2.45) is 0 Å². The third kappa shape index (κ3) is 6.74. The molecule has 0 aliphatic heterocycles. The van der Waals surface area contributed by atoms with E-state index < -0.39 is 45.1 Å². The van der Waals surface area contributed by atoms with E-state index in [1.807, 2.05) is 43.3 Å². The highest BCUT2D eigenvalue weighted by Crippen LogP contribution is 2.40. The van der Waals surface area contributed by atoms with Crippen LogP contribution in [0, 0.1) is 12.7 Å². The second-order valence-electron chi connectivity index (χ2n) is 10.2. The SMILES string of the molecule is COc1cc([C@@](Cc2ccccc2)(NS(=O)C(C)(C)C)c2cc(F)cc(OC(F)(F)C(C)F)c2)ccc1C. The van der Waals surface area contributed by atoms with Crippen molar-refractivity contribution in [3.05, 3.63) is 94.8 Å². The Bertz CT molecular complexity index is 1280. The van der Waals surface area contributed by atoms with E-state index in [1.165, 1.54) is 19.2 Å². The topological polar surface area (TPSA) is 47.6 Å². The standard InChI is InChI=1S/C29H33F4NO3S/c1-19-12-13-22(16-26(19)36-6)28(34-38(35)27(3,4)5,18-21-10-8-7-9-11-21)23-14-24(31)17-25(15-23)37-29(32,33)20(2)30/h7-17,20,34H,18H2,1-6H3/t20?,28-,38?/m1/s1. The number of benzene rings is 3. The Morgan fingerprint density at radius 3 is 2.21 bits per heavy atom. The van der Waals surface area contributed by atoms with Gasteiger partial charge in [0.25, 0.3) is 0 Å². The number of hydrogen-bond donors (Lipinski definition) is 1. The van der Waals surface area contributed by atoms with Crippen LogP contribution in [-0.4, -0.2) is 28.3 Å². The third-order valence-corrected chi connectivity index (χ3v) is 7.76. The van der Waals surface area contributed by atoms with Crippen molar-refractivity contribution < 1.29 is 31.2 Å². The molecule has 3 atom stereocenters. The number of halogens is 4. The normalized spacial score (nSPS) is 15.4. The molecule has 2 unspecified atom stereocenters. The fourth-order valence-electron chi connectivity index (χ4n) is 3.93. The van der Waals surface area contributed by atoms with Crippen molar-refractivity contribution in [1.82, 2.24) is 4.72 Å². The van der Waals surface area contributed by atoms with Gasteiger partial charge in [-0.2, -0.15) is 8.78 Å². The minimum Gasteiger partial charge on any atom is -0.496 e. The van der Waals surface area contributed by atoms with Gasteiger partial charge in [-0.15, -0.1) is 0 Å². The fraction of sp³-hybridized carbons (Fsp3) is 0.379. The lowest BCUT2D eigenvalue weighted by atomic mass is 9.78. The summed E-state index contributed by atoms with van der Waals surface area (Å²) in [4.78, 5) is 0. The van der Waals surface area contributed by atoms with Crippen LogP contribution in [0.4, 0.5) is 17.6 Å². The van der Waals surface area contributed by atoms with Gasteiger partial charge in [0, 0.05) is 6.07 Å². The van der Waals surface area contributed by atoms with Gasteiger partial charge in [-0.3, -0.25) is 0 Å². The average molecular weight is 552 g/mol. The maximum atomic E-state index is 15.0. The molecule has 9 heteroatoms. The smallest absolute Gasteiger partial charge is 0.429 e. The molecule has 3 aromatic rings. The zero-order valence-electron chi connectivity index (χ0n) is 22.3. The number of aryl methyl sites for hydroxylation is 1. The van der Waals surface area contributed by atoms with Crippen molar-refractivity contribution in [3.8, 4) is 11.5 Å². The first kappa shape index (κ1) is 29.6. The molecule has 38 heavy (non-hydrogen) atoms. The fourth-order valence-corrected chi connectivity index (χ4v) is 4.86. The number of alkyl halides is 3. The minimum atomic E-state index is -4.18. The molecular formula is C29H33F4NO3S. The minimum absolute atomic E-state index is 0.167.